The fraction of sp³-hybridized carbons (Fsp3) is 0. The summed E-state index contributed by atoms with van der Waals surface area (Å²) in [4.78, 5) is 19.6. The molecule has 0 aromatic heterocycles. The molecule has 12 heteroatoms. The Morgan fingerprint density at radius 3 is 0.640 bits per heavy atom. The summed E-state index contributed by atoms with van der Waals surface area (Å²) in [5, 5.41) is 7.59. The molecule has 0 amide bonds. The maximum absolute atomic E-state index is 2.49. The van der Waals surface area contributed by atoms with E-state index in [4.69, 9.17) is 0 Å². The summed E-state index contributed by atoms with van der Waals surface area (Å²) in [6.07, 6.45) is 0. The van der Waals surface area contributed by atoms with E-state index in [9.17, 15) is 0 Å². The molecule has 0 N–H and O–H groups in total. The average molecular weight is 1910 g/mol. The SMILES string of the molecule is c1ccc(-c2cc3c4c(c2)N(c2ccccc2)c2ccccc2B4c2ccccc2N3c2ccccc2)cc1.c1ccc(N2c3cccc4c3B(c3ccc5ccccc5c32)c2ccc3ccccc3c2N4c2ccccc2)cc1.c1ccc(N2c3ccccc3B3c4ccccc4N(c4ccccc4)c4c3c2cc2ccccc42)cc1.c1ccc(N2c3ccccc3B3c4ccccc4N(c4ccccc4)c4cccc2c43)cc1. The molecular weight excluding hydrogens is 1810 g/mol. The summed E-state index contributed by atoms with van der Waals surface area (Å²) in [7, 11) is 0. The van der Waals surface area contributed by atoms with Crippen LogP contribution in [0, 0.1) is 0 Å². The third-order valence-electron chi connectivity index (χ3n) is 31.4. The lowest BCUT2D eigenvalue weighted by Gasteiger charge is -2.44. The van der Waals surface area contributed by atoms with Gasteiger partial charge in [0.25, 0.3) is 26.9 Å². The van der Waals surface area contributed by atoms with Crippen LogP contribution in [0.4, 0.5) is 136 Å². The summed E-state index contributed by atoms with van der Waals surface area (Å²) in [5.41, 5.74) is 48.0. The molecule has 0 atom stereocenters. The molecule has 0 spiro atoms. The molecule has 698 valence electrons. The van der Waals surface area contributed by atoms with Gasteiger partial charge in [0, 0.05) is 147 Å². The van der Waals surface area contributed by atoms with E-state index < -0.39 is 0 Å². The van der Waals surface area contributed by atoms with Gasteiger partial charge in [0.05, 0.1) is 5.69 Å². The van der Waals surface area contributed by atoms with Crippen molar-refractivity contribution in [2.45, 2.75) is 0 Å². The summed E-state index contributed by atoms with van der Waals surface area (Å²) >= 11 is 0. The second kappa shape index (κ2) is 36.5. The van der Waals surface area contributed by atoms with Crippen LogP contribution < -0.4 is 105 Å². The first-order valence-corrected chi connectivity index (χ1v) is 52.0. The smallest absolute Gasteiger partial charge is 0.252 e. The van der Waals surface area contributed by atoms with E-state index >= 15 is 0 Å². The van der Waals surface area contributed by atoms with Gasteiger partial charge in [-0.1, -0.05) is 394 Å². The summed E-state index contributed by atoms with van der Waals surface area (Å²) in [5.74, 6) is 0. The molecule has 24 aromatic rings. The molecule has 0 saturated carbocycles. The second-order valence-corrected chi connectivity index (χ2v) is 39.5. The Hall–Kier alpha value is -19.3. The van der Waals surface area contributed by atoms with Crippen LogP contribution in [0.15, 0.2) is 570 Å². The summed E-state index contributed by atoms with van der Waals surface area (Å²) < 4.78 is 0. The van der Waals surface area contributed by atoms with Crippen LogP contribution in [-0.2, 0) is 0 Å². The fourth-order valence-corrected chi connectivity index (χ4v) is 25.4. The zero-order valence-electron chi connectivity index (χ0n) is 82.2. The van der Waals surface area contributed by atoms with Crippen molar-refractivity contribution in [3.8, 4) is 11.1 Å². The lowest BCUT2D eigenvalue weighted by atomic mass is 9.33. The van der Waals surface area contributed by atoms with Crippen molar-refractivity contribution in [1.82, 2.24) is 0 Å². The molecule has 8 aliphatic heterocycles. The first-order chi connectivity index (χ1) is 74.6. The molecule has 0 unspecified atom stereocenters. The fourth-order valence-electron chi connectivity index (χ4n) is 25.4. The molecule has 0 bridgehead atoms. The minimum absolute atomic E-state index is 0.111. The topological polar surface area (TPSA) is 25.9 Å². The molecule has 0 radical (unpaired) electrons. The van der Waals surface area contributed by atoms with Crippen molar-refractivity contribution in [3.63, 3.8) is 0 Å². The molecule has 150 heavy (non-hydrogen) atoms. The van der Waals surface area contributed by atoms with Gasteiger partial charge in [-0.3, -0.25) is 0 Å². The monoisotopic (exact) mass is 1910 g/mol. The molecular formula is C138H94B4N8. The van der Waals surface area contributed by atoms with Gasteiger partial charge in [-0.05, 0) is 269 Å². The zero-order valence-corrected chi connectivity index (χ0v) is 82.2. The van der Waals surface area contributed by atoms with E-state index in [2.05, 4.69) is 609 Å². The van der Waals surface area contributed by atoms with Gasteiger partial charge < -0.3 is 39.2 Å². The van der Waals surface area contributed by atoms with E-state index in [-0.39, 0.29) is 26.9 Å². The molecule has 0 fully saturated rings. The number of benzene rings is 24. The number of nitrogens with zero attached hydrogens (tertiary/aromatic N) is 8. The number of para-hydroxylation sites is 14. The van der Waals surface area contributed by atoms with Crippen molar-refractivity contribution in [3.05, 3.63) is 570 Å². The highest BCUT2D eigenvalue weighted by Gasteiger charge is 2.50. The van der Waals surface area contributed by atoms with Gasteiger partial charge in [0.1, 0.15) is 0 Å². The molecule has 8 aliphatic rings. The zero-order chi connectivity index (χ0) is 98.8. The van der Waals surface area contributed by atoms with Crippen LogP contribution in [0.5, 0.6) is 0 Å². The Labute approximate surface area is 875 Å². The van der Waals surface area contributed by atoms with Gasteiger partial charge in [-0.2, -0.15) is 0 Å². The number of rotatable bonds is 9. The third-order valence-corrected chi connectivity index (χ3v) is 31.4. The van der Waals surface area contributed by atoms with E-state index in [1.165, 1.54) is 245 Å². The minimum atomic E-state index is 0.111. The van der Waals surface area contributed by atoms with Crippen LogP contribution >= 0.6 is 0 Å². The Morgan fingerprint density at radius 1 is 0.113 bits per heavy atom. The first kappa shape index (κ1) is 87.3. The van der Waals surface area contributed by atoms with E-state index in [0.29, 0.717) is 0 Å². The van der Waals surface area contributed by atoms with Crippen molar-refractivity contribution in [1.29, 1.82) is 0 Å². The maximum Gasteiger partial charge on any atom is 0.252 e. The first-order valence-electron chi connectivity index (χ1n) is 52.0. The van der Waals surface area contributed by atoms with Gasteiger partial charge in [-0.25, -0.2) is 0 Å². The standard InChI is InChI=1S/C38H25BN2.C36H25BN2.C34H23BN2.C30H21BN2/c1-3-14-28(15-4-1)40-34-20-11-21-35-36(34)39(32-24-22-26-12-7-9-18-30(26)37(32)40)33-25-23-27-13-8-10-19-31(27)38(33)41(35)29-16-5-2-6-17-29;1-4-14-26(15-5-1)27-24-34-36-35(25-27)39(29-18-8-3-9-19-29)33-23-13-11-21-31(33)37(36)30-20-10-12-22-32(30)38(34)28-16-6-2-7-17-28;1-3-14-25(15-4-1)36-30-21-11-9-19-28(30)35-29-20-10-12-22-31(29)37(26-16-5-2-6-17-26)34-27-18-8-7-13-24(27)23-32(36)33(34)35;1-3-12-22(13-4-1)32-26-18-9-7-16-24(26)31-25-17-8-10-19-27(25)33(23-14-5-2-6-15-23)29-21-11-20-28(32)30(29)31/h1-25H;1-25H;1-23H;1-21H. The summed E-state index contributed by atoms with van der Waals surface area (Å²) in [6, 6.07) is 207. The van der Waals surface area contributed by atoms with Crippen molar-refractivity contribution >= 4 is 261 Å². The largest absolute Gasteiger partial charge is 0.311 e. The molecule has 24 aromatic carbocycles. The molecule has 0 aliphatic carbocycles. The van der Waals surface area contributed by atoms with Crippen LogP contribution in [-0.4, -0.2) is 26.9 Å². The quantitative estimate of drug-likeness (QED) is 0.132. The Balaban J connectivity index is 0.0000000941. The van der Waals surface area contributed by atoms with Crippen LogP contribution in [0.1, 0.15) is 0 Å². The highest BCUT2D eigenvalue weighted by atomic mass is 15.2. The highest BCUT2D eigenvalue weighted by Crippen LogP contribution is 2.54. The lowest BCUT2D eigenvalue weighted by Crippen LogP contribution is -2.61. The number of hydrogen-bond acceptors (Lipinski definition) is 8. The normalized spacial score (nSPS) is 13.2. The Kier molecular flexibility index (Phi) is 21.2. The van der Waals surface area contributed by atoms with Crippen molar-refractivity contribution in [2.75, 3.05) is 39.2 Å². The van der Waals surface area contributed by atoms with Crippen molar-refractivity contribution in [2.24, 2.45) is 0 Å². The number of hydrogen-bond donors (Lipinski definition) is 0. The lowest BCUT2D eigenvalue weighted by molar-refractivity contribution is 1.25. The van der Waals surface area contributed by atoms with Crippen LogP contribution in [0.3, 0.4) is 0 Å². The number of anilines is 24. The molecule has 8 heterocycles. The predicted octanol–water partition coefficient (Wildman–Crippen LogP) is 28.2. The van der Waals surface area contributed by atoms with E-state index in [1.807, 2.05) is 0 Å². The minimum Gasteiger partial charge on any atom is -0.311 e. The van der Waals surface area contributed by atoms with E-state index in [1.54, 1.807) is 0 Å². The number of fused-ring (bicyclic) bond motifs is 22. The van der Waals surface area contributed by atoms with Gasteiger partial charge >= 0.3 is 0 Å². The van der Waals surface area contributed by atoms with Crippen LogP contribution in [0.25, 0.3) is 43.4 Å². The van der Waals surface area contributed by atoms with Crippen molar-refractivity contribution < 1.29 is 0 Å². The second-order valence-electron chi connectivity index (χ2n) is 39.5. The Bertz CT molecular complexity index is 8990. The van der Waals surface area contributed by atoms with Gasteiger partial charge in [-0.15, -0.1) is 0 Å². The summed E-state index contributed by atoms with van der Waals surface area (Å²) in [6.45, 7) is 0.609. The molecule has 8 nitrogen and oxygen atoms in total. The third kappa shape index (κ3) is 14.1. The van der Waals surface area contributed by atoms with Crippen LogP contribution in [0.2, 0.25) is 0 Å². The van der Waals surface area contributed by atoms with Gasteiger partial charge in [0.2, 0.25) is 0 Å². The van der Waals surface area contributed by atoms with E-state index in [0.717, 1.165) is 0 Å². The highest BCUT2D eigenvalue weighted by molar-refractivity contribution is 7.03. The molecule has 0 saturated heterocycles. The van der Waals surface area contributed by atoms with Gasteiger partial charge in [0.15, 0.2) is 0 Å². The average Bonchev–Trinajstić information content (AvgIpc) is 0.700. The Morgan fingerprint density at radius 2 is 0.320 bits per heavy atom. The predicted molar refractivity (Wildman–Crippen MR) is 640 cm³/mol. The molecule has 32 rings (SSSR count). The maximum atomic E-state index is 2.49.